The van der Waals surface area contributed by atoms with Crippen LogP contribution in [0.2, 0.25) is 0 Å². The lowest BCUT2D eigenvalue weighted by atomic mass is 10.3. The summed E-state index contributed by atoms with van der Waals surface area (Å²) >= 11 is 0. The van der Waals surface area contributed by atoms with Gasteiger partial charge in [-0.1, -0.05) is 11.3 Å². The van der Waals surface area contributed by atoms with E-state index in [0.29, 0.717) is 12.2 Å². The van der Waals surface area contributed by atoms with Gasteiger partial charge in [0.1, 0.15) is 5.82 Å². The molecule has 0 atom stereocenters. The van der Waals surface area contributed by atoms with E-state index in [0.717, 1.165) is 11.4 Å². The van der Waals surface area contributed by atoms with Gasteiger partial charge in [-0.05, 0) is 25.1 Å². The number of nitrogens with two attached hydrogens (primary N) is 1. The summed E-state index contributed by atoms with van der Waals surface area (Å²) in [6.07, 6.45) is 0. The molecular weight excluding hydrogens is 195 g/mol. The molecular formula is C10H11FN4. The molecule has 5 heteroatoms. The van der Waals surface area contributed by atoms with Crippen LogP contribution in [-0.4, -0.2) is 15.0 Å². The topological polar surface area (TPSA) is 56.7 Å². The van der Waals surface area contributed by atoms with E-state index in [-0.39, 0.29) is 5.82 Å². The molecule has 0 aliphatic carbocycles. The molecule has 0 fully saturated rings. The first kappa shape index (κ1) is 9.79. The molecule has 4 nitrogen and oxygen atoms in total. The van der Waals surface area contributed by atoms with Crippen LogP contribution in [0.25, 0.3) is 5.69 Å². The Labute approximate surface area is 86.5 Å². The van der Waals surface area contributed by atoms with Crippen molar-refractivity contribution in [2.24, 2.45) is 5.73 Å². The second-order valence-electron chi connectivity index (χ2n) is 3.22. The standard InChI is InChI=1S/C10H11FN4/c1-7-10(6-12)15(14-13-7)9-4-2-3-8(11)5-9/h2-5H,6,12H2,1H3. The van der Waals surface area contributed by atoms with E-state index >= 15 is 0 Å². The summed E-state index contributed by atoms with van der Waals surface area (Å²) in [5.74, 6) is -0.302. The van der Waals surface area contributed by atoms with E-state index in [1.807, 2.05) is 6.92 Å². The van der Waals surface area contributed by atoms with Gasteiger partial charge in [0.15, 0.2) is 0 Å². The van der Waals surface area contributed by atoms with Crippen LogP contribution < -0.4 is 5.73 Å². The summed E-state index contributed by atoms with van der Waals surface area (Å²) in [7, 11) is 0. The molecule has 0 saturated carbocycles. The molecule has 1 aromatic heterocycles. The van der Waals surface area contributed by atoms with Gasteiger partial charge in [0, 0.05) is 6.54 Å². The Bertz CT molecular complexity index is 478. The van der Waals surface area contributed by atoms with Crippen molar-refractivity contribution >= 4 is 0 Å². The van der Waals surface area contributed by atoms with E-state index in [1.54, 1.807) is 16.8 Å². The van der Waals surface area contributed by atoms with E-state index in [9.17, 15) is 4.39 Å². The molecule has 2 N–H and O–H groups in total. The third kappa shape index (κ3) is 1.73. The van der Waals surface area contributed by atoms with Gasteiger partial charge in [-0.25, -0.2) is 9.07 Å². The highest BCUT2D eigenvalue weighted by atomic mass is 19.1. The number of nitrogens with zero attached hydrogens (tertiary/aromatic N) is 3. The first-order valence-electron chi connectivity index (χ1n) is 4.59. The SMILES string of the molecule is Cc1nnn(-c2cccc(F)c2)c1CN. The predicted molar refractivity (Wildman–Crippen MR) is 53.9 cm³/mol. The highest BCUT2D eigenvalue weighted by Gasteiger charge is 2.09. The third-order valence-electron chi connectivity index (χ3n) is 2.20. The first-order chi connectivity index (χ1) is 7.22. The maximum atomic E-state index is 13.0. The van der Waals surface area contributed by atoms with E-state index in [2.05, 4.69) is 10.3 Å². The largest absolute Gasteiger partial charge is 0.325 e. The second-order valence-corrected chi connectivity index (χ2v) is 3.22. The van der Waals surface area contributed by atoms with Crippen LogP contribution in [0, 0.1) is 12.7 Å². The molecule has 0 aliphatic heterocycles. The van der Waals surface area contributed by atoms with Crippen molar-refractivity contribution in [1.29, 1.82) is 0 Å². The zero-order chi connectivity index (χ0) is 10.8. The normalized spacial score (nSPS) is 10.6. The summed E-state index contributed by atoms with van der Waals surface area (Å²) in [4.78, 5) is 0. The fraction of sp³-hybridized carbons (Fsp3) is 0.200. The van der Waals surface area contributed by atoms with Gasteiger partial charge in [0.2, 0.25) is 0 Å². The molecule has 0 saturated heterocycles. The Morgan fingerprint density at radius 1 is 1.47 bits per heavy atom. The van der Waals surface area contributed by atoms with Crippen molar-refractivity contribution in [3.8, 4) is 5.69 Å². The van der Waals surface area contributed by atoms with Crippen molar-refractivity contribution in [2.45, 2.75) is 13.5 Å². The molecule has 0 bridgehead atoms. The number of halogens is 1. The van der Waals surface area contributed by atoms with Crippen molar-refractivity contribution in [3.63, 3.8) is 0 Å². The van der Waals surface area contributed by atoms with Gasteiger partial charge in [-0.3, -0.25) is 0 Å². The van der Waals surface area contributed by atoms with Gasteiger partial charge in [-0.2, -0.15) is 0 Å². The highest BCUT2D eigenvalue weighted by Crippen LogP contribution is 2.12. The zero-order valence-corrected chi connectivity index (χ0v) is 8.31. The number of aromatic nitrogens is 3. The molecule has 0 unspecified atom stereocenters. The summed E-state index contributed by atoms with van der Waals surface area (Å²) in [5.41, 5.74) is 7.77. The number of rotatable bonds is 2. The van der Waals surface area contributed by atoms with Gasteiger partial charge in [-0.15, -0.1) is 5.10 Å². The van der Waals surface area contributed by atoms with Crippen molar-refractivity contribution < 1.29 is 4.39 Å². The van der Waals surface area contributed by atoms with E-state index in [4.69, 9.17) is 5.73 Å². The van der Waals surface area contributed by atoms with Crippen LogP contribution in [0.1, 0.15) is 11.4 Å². The zero-order valence-electron chi connectivity index (χ0n) is 8.31. The summed E-state index contributed by atoms with van der Waals surface area (Å²) in [6.45, 7) is 2.15. The molecule has 2 rings (SSSR count). The molecule has 0 aliphatic rings. The Morgan fingerprint density at radius 2 is 2.27 bits per heavy atom. The summed E-state index contributed by atoms with van der Waals surface area (Å²) in [5, 5.41) is 7.82. The second kappa shape index (κ2) is 3.78. The van der Waals surface area contributed by atoms with Gasteiger partial charge in [0.25, 0.3) is 0 Å². The van der Waals surface area contributed by atoms with Gasteiger partial charge in [0.05, 0.1) is 17.1 Å². The van der Waals surface area contributed by atoms with Crippen molar-refractivity contribution in [3.05, 3.63) is 41.5 Å². The molecule has 2 aromatic rings. The molecule has 0 spiro atoms. The molecule has 78 valence electrons. The highest BCUT2D eigenvalue weighted by molar-refractivity contribution is 5.33. The van der Waals surface area contributed by atoms with Crippen molar-refractivity contribution in [2.75, 3.05) is 0 Å². The molecule has 0 radical (unpaired) electrons. The minimum absolute atomic E-state index is 0.302. The van der Waals surface area contributed by atoms with Crippen LogP contribution in [0.3, 0.4) is 0 Å². The molecule has 0 amide bonds. The average molecular weight is 206 g/mol. The Balaban J connectivity index is 2.54. The number of aryl methyl sites for hydroxylation is 1. The monoisotopic (exact) mass is 206 g/mol. The van der Waals surface area contributed by atoms with E-state index in [1.165, 1.54) is 12.1 Å². The minimum atomic E-state index is -0.302. The van der Waals surface area contributed by atoms with Crippen LogP contribution in [0.5, 0.6) is 0 Å². The number of hydrogen-bond donors (Lipinski definition) is 1. The van der Waals surface area contributed by atoms with Crippen LogP contribution in [-0.2, 0) is 6.54 Å². The fourth-order valence-electron chi connectivity index (χ4n) is 1.43. The quantitative estimate of drug-likeness (QED) is 0.802. The summed E-state index contributed by atoms with van der Waals surface area (Å²) in [6, 6.07) is 6.17. The lowest BCUT2D eigenvalue weighted by molar-refractivity contribution is 0.624. The van der Waals surface area contributed by atoms with Gasteiger partial charge >= 0.3 is 0 Å². The Kier molecular flexibility index (Phi) is 2.47. The third-order valence-corrected chi connectivity index (χ3v) is 2.20. The number of hydrogen-bond acceptors (Lipinski definition) is 3. The smallest absolute Gasteiger partial charge is 0.125 e. The van der Waals surface area contributed by atoms with E-state index < -0.39 is 0 Å². The van der Waals surface area contributed by atoms with Crippen LogP contribution in [0.15, 0.2) is 24.3 Å². The lowest BCUT2D eigenvalue weighted by Crippen LogP contribution is -2.08. The minimum Gasteiger partial charge on any atom is -0.325 e. The predicted octanol–water partition coefficient (Wildman–Crippen LogP) is 1.17. The maximum absolute atomic E-state index is 13.0. The maximum Gasteiger partial charge on any atom is 0.125 e. The van der Waals surface area contributed by atoms with Crippen LogP contribution in [0.4, 0.5) is 4.39 Å². The summed E-state index contributed by atoms with van der Waals surface area (Å²) < 4.78 is 14.6. The Hall–Kier alpha value is -1.75. The average Bonchev–Trinajstić information content (AvgIpc) is 2.59. The fourth-order valence-corrected chi connectivity index (χ4v) is 1.43. The van der Waals surface area contributed by atoms with Gasteiger partial charge < -0.3 is 5.73 Å². The van der Waals surface area contributed by atoms with Crippen molar-refractivity contribution in [1.82, 2.24) is 15.0 Å². The Morgan fingerprint density at radius 3 is 2.93 bits per heavy atom. The number of benzene rings is 1. The molecule has 1 aromatic carbocycles. The molecule has 15 heavy (non-hydrogen) atoms. The first-order valence-corrected chi connectivity index (χ1v) is 4.59. The lowest BCUT2D eigenvalue weighted by Gasteiger charge is -2.04. The van der Waals surface area contributed by atoms with Crippen LogP contribution >= 0.6 is 0 Å². The molecule has 1 heterocycles.